The number of nitro groups is 1. The number of anilines is 1. The molecule has 0 saturated carbocycles. The van der Waals surface area contributed by atoms with Crippen molar-refractivity contribution < 1.29 is 27.7 Å². The number of nitro benzene ring substituents is 1. The van der Waals surface area contributed by atoms with Crippen LogP contribution in [0.1, 0.15) is 30.0 Å². The number of hydrogen-bond acceptors (Lipinski definition) is 7. The molecule has 1 atom stereocenters. The normalized spacial score (nSPS) is 11.8. The largest absolute Gasteiger partial charge is 0.497 e. The van der Waals surface area contributed by atoms with Crippen LogP contribution >= 0.6 is 0 Å². The third-order valence-electron chi connectivity index (χ3n) is 6.84. The van der Waals surface area contributed by atoms with E-state index in [2.05, 4.69) is 5.32 Å². The standard InChI is InChI=1S/C29H34N4O7S/c1-6-26(29(35)30-4)31(18-22-10-8-7-9-20(22)2)28(34)19-32(23-12-14-24(40-5)15-13-23)41(38,39)25-16-11-21(3)27(17-25)33(36)37/h7-17,26H,6,18-19H2,1-5H3,(H,30,35)/t26-/m1/s1. The molecule has 3 aromatic carbocycles. The topological polar surface area (TPSA) is 139 Å². The van der Waals surface area contributed by atoms with Gasteiger partial charge >= 0.3 is 0 Å². The van der Waals surface area contributed by atoms with Crippen molar-refractivity contribution in [3.05, 3.63) is 93.5 Å². The predicted octanol–water partition coefficient (Wildman–Crippen LogP) is 3.97. The highest BCUT2D eigenvalue weighted by molar-refractivity contribution is 7.92. The summed E-state index contributed by atoms with van der Waals surface area (Å²) in [7, 11) is -1.54. The molecule has 2 amide bonds. The molecule has 11 nitrogen and oxygen atoms in total. The van der Waals surface area contributed by atoms with Crippen LogP contribution in [0.5, 0.6) is 5.75 Å². The number of aryl methyl sites for hydroxylation is 2. The summed E-state index contributed by atoms with van der Waals surface area (Å²) in [5, 5.41) is 14.1. The Labute approximate surface area is 239 Å². The molecule has 0 spiro atoms. The van der Waals surface area contributed by atoms with Crippen LogP contribution in [0.4, 0.5) is 11.4 Å². The summed E-state index contributed by atoms with van der Waals surface area (Å²) in [4.78, 5) is 38.8. The predicted molar refractivity (Wildman–Crippen MR) is 155 cm³/mol. The van der Waals surface area contributed by atoms with Crippen molar-refractivity contribution in [2.24, 2.45) is 0 Å². The molecule has 0 saturated heterocycles. The molecule has 1 N–H and O–H groups in total. The van der Waals surface area contributed by atoms with Crippen LogP contribution in [0.2, 0.25) is 0 Å². The van der Waals surface area contributed by atoms with Gasteiger partial charge in [-0.05, 0) is 61.7 Å². The Morgan fingerprint density at radius 1 is 1.02 bits per heavy atom. The van der Waals surface area contributed by atoms with E-state index in [0.29, 0.717) is 11.3 Å². The van der Waals surface area contributed by atoms with Gasteiger partial charge in [0.05, 0.1) is 22.6 Å². The molecule has 41 heavy (non-hydrogen) atoms. The summed E-state index contributed by atoms with van der Waals surface area (Å²) in [5.74, 6) is -0.539. The highest BCUT2D eigenvalue weighted by atomic mass is 32.2. The van der Waals surface area contributed by atoms with Gasteiger partial charge in [-0.1, -0.05) is 37.3 Å². The lowest BCUT2D eigenvalue weighted by Gasteiger charge is -2.33. The number of amides is 2. The quantitative estimate of drug-likeness (QED) is 0.252. The van der Waals surface area contributed by atoms with E-state index < -0.39 is 33.4 Å². The number of sulfonamides is 1. The second-order valence-electron chi connectivity index (χ2n) is 9.40. The van der Waals surface area contributed by atoms with E-state index in [0.717, 1.165) is 21.5 Å². The van der Waals surface area contributed by atoms with Gasteiger partial charge in [0.1, 0.15) is 18.3 Å². The number of ether oxygens (including phenoxy) is 1. The lowest BCUT2D eigenvalue weighted by Crippen LogP contribution is -2.51. The fraction of sp³-hybridized carbons (Fsp3) is 0.310. The van der Waals surface area contributed by atoms with Crippen molar-refractivity contribution >= 4 is 33.2 Å². The fourth-order valence-electron chi connectivity index (χ4n) is 4.41. The monoisotopic (exact) mass is 582 g/mol. The Kier molecular flexibility index (Phi) is 10.1. The summed E-state index contributed by atoms with van der Waals surface area (Å²) in [6, 6.07) is 16.2. The third kappa shape index (κ3) is 7.01. The SMILES string of the molecule is CC[C@H](C(=O)NC)N(Cc1ccccc1C)C(=O)CN(c1ccc(OC)cc1)S(=O)(=O)c1ccc(C)c([N+](=O)[O-])c1. The Balaban J connectivity index is 2.13. The van der Waals surface area contributed by atoms with Crippen LogP contribution in [-0.2, 0) is 26.2 Å². The Hall–Kier alpha value is -4.45. The van der Waals surface area contributed by atoms with E-state index in [1.807, 2.05) is 31.2 Å². The van der Waals surface area contributed by atoms with Crippen molar-refractivity contribution in [2.45, 2.75) is 44.7 Å². The molecular weight excluding hydrogens is 548 g/mol. The zero-order chi connectivity index (χ0) is 30.3. The molecule has 218 valence electrons. The molecule has 0 aliphatic heterocycles. The number of hydrogen-bond donors (Lipinski definition) is 1. The molecule has 0 bridgehead atoms. The number of carbonyl (C=O) groups excluding carboxylic acids is 2. The van der Waals surface area contributed by atoms with Gasteiger partial charge in [-0.2, -0.15) is 0 Å². The van der Waals surface area contributed by atoms with Crippen molar-refractivity contribution in [2.75, 3.05) is 25.0 Å². The van der Waals surface area contributed by atoms with Crippen molar-refractivity contribution in [1.29, 1.82) is 0 Å². The van der Waals surface area contributed by atoms with Crippen LogP contribution in [0.15, 0.2) is 71.6 Å². The third-order valence-corrected chi connectivity index (χ3v) is 8.61. The second kappa shape index (κ2) is 13.3. The lowest BCUT2D eigenvalue weighted by molar-refractivity contribution is -0.385. The zero-order valence-electron chi connectivity index (χ0n) is 23.7. The van der Waals surface area contributed by atoms with Crippen molar-refractivity contribution in [3.63, 3.8) is 0 Å². The van der Waals surface area contributed by atoms with Crippen LogP contribution < -0.4 is 14.4 Å². The van der Waals surface area contributed by atoms with Crippen molar-refractivity contribution in [3.8, 4) is 5.75 Å². The molecule has 0 aliphatic carbocycles. The highest BCUT2D eigenvalue weighted by Crippen LogP contribution is 2.29. The molecule has 0 unspecified atom stereocenters. The van der Waals surface area contributed by atoms with Crippen molar-refractivity contribution in [1.82, 2.24) is 10.2 Å². The smallest absolute Gasteiger partial charge is 0.273 e. The zero-order valence-corrected chi connectivity index (χ0v) is 24.5. The molecular formula is C29H34N4O7S. The molecule has 0 aromatic heterocycles. The van der Waals surface area contributed by atoms with Crippen LogP contribution in [0, 0.1) is 24.0 Å². The summed E-state index contributed by atoms with van der Waals surface area (Å²) in [5.41, 5.74) is 1.78. The van der Waals surface area contributed by atoms with E-state index in [1.54, 1.807) is 19.1 Å². The Morgan fingerprint density at radius 2 is 1.68 bits per heavy atom. The van der Waals surface area contributed by atoms with Gasteiger partial charge in [0, 0.05) is 25.2 Å². The minimum atomic E-state index is -4.47. The first-order valence-corrected chi connectivity index (χ1v) is 14.4. The molecule has 0 heterocycles. The summed E-state index contributed by atoms with van der Waals surface area (Å²) < 4.78 is 34.1. The molecule has 0 radical (unpaired) electrons. The van der Waals surface area contributed by atoms with Crippen LogP contribution in [0.25, 0.3) is 0 Å². The summed E-state index contributed by atoms with van der Waals surface area (Å²) >= 11 is 0. The maximum absolute atomic E-state index is 14.0. The number of likely N-dealkylation sites (N-methyl/N-ethyl adjacent to an activating group) is 1. The van der Waals surface area contributed by atoms with Gasteiger partial charge in [-0.3, -0.25) is 24.0 Å². The maximum atomic E-state index is 14.0. The van der Waals surface area contributed by atoms with Gasteiger partial charge in [0.15, 0.2) is 0 Å². The maximum Gasteiger partial charge on any atom is 0.273 e. The van der Waals surface area contributed by atoms with Crippen LogP contribution in [0.3, 0.4) is 0 Å². The van der Waals surface area contributed by atoms with E-state index in [1.165, 1.54) is 50.2 Å². The van der Waals surface area contributed by atoms with Gasteiger partial charge in [0.25, 0.3) is 15.7 Å². The van der Waals surface area contributed by atoms with Gasteiger partial charge in [-0.15, -0.1) is 0 Å². The average Bonchev–Trinajstić information content (AvgIpc) is 2.96. The molecule has 0 aliphatic rings. The number of methoxy groups -OCH3 is 1. The first kappa shape index (κ1) is 31.1. The fourth-order valence-corrected chi connectivity index (χ4v) is 5.84. The first-order valence-electron chi connectivity index (χ1n) is 12.9. The van der Waals surface area contributed by atoms with E-state index >= 15 is 0 Å². The van der Waals surface area contributed by atoms with E-state index in [9.17, 15) is 28.1 Å². The molecule has 0 fully saturated rings. The number of rotatable bonds is 12. The second-order valence-corrected chi connectivity index (χ2v) is 11.3. The summed E-state index contributed by atoms with van der Waals surface area (Å²) in [6.07, 6.45) is 0.288. The molecule has 3 rings (SSSR count). The number of benzene rings is 3. The lowest BCUT2D eigenvalue weighted by atomic mass is 10.1. The average molecular weight is 583 g/mol. The first-order chi connectivity index (χ1) is 19.4. The molecule has 3 aromatic rings. The number of nitrogens with zero attached hydrogens (tertiary/aromatic N) is 3. The van der Waals surface area contributed by atoms with Gasteiger partial charge < -0.3 is 15.0 Å². The minimum Gasteiger partial charge on any atom is -0.497 e. The molecule has 12 heteroatoms. The van der Waals surface area contributed by atoms with E-state index in [4.69, 9.17) is 4.74 Å². The highest BCUT2D eigenvalue weighted by Gasteiger charge is 2.34. The van der Waals surface area contributed by atoms with Gasteiger partial charge in [0.2, 0.25) is 11.8 Å². The summed E-state index contributed by atoms with van der Waals surface area (Å²) in [6.45, 7) is 4.57. The Morgan fingerprint density at radius 3 is 2.24 bits per heavy atom. The van der Waals surface area contributed by atoms with Crippen LogP contribution in [-0.4, -0.2) is 56.8 Å². The number of nitrogens with one attached hydrogen (secondary N) is 1. The minimum absolute atomic E-state index is 0.0734. The van der Waals surface area contributed by atoms with Gasteiger partial charge in [-0.25, -0.2) is 8.42 Å². The Bertz CT molecular complexity index is 1520. The number of carbonyl (C=O) groups is 2. The van der Waals surface area contributed by atoms with E-state index in [-0.39, 0.29) is 35.1 Å².